The Morgan fingerprint density at radius 2 is 2.06 bits per heavy atom. The summed E-state index contributed by atoms with van der Waals surface area (Å²) in [5, 5.41) is 4.68. The number of anilines is 2. The number of aryl methyl sites for hydroxylation is 1. The molecule has 3 aromatic heterocycles. The van der Waals surface area contributed by atoms with Gasteiger partial charge in [0, 0.05) is 36.6 Å². The molecule has 1 aromatic carbocycles. The van der Waals surface area contributed by atoms with Crippen molar-refractivity contribution in [2.24, 2.45) is 5.73 Å². The van der Waals surface area contributed by atoms with Gasteiger partial charge in [-0.1, -0.05) is 0 Å². The van der Waals surface area contributed by atoms with Crippen LogP contribution in [0.1, 0.15) is 17.8 Å². The summed E-state index contributed by atoms with van der Waals surface area (Å²) >= 11 is 0. The first-order chi connectivity index (χ1) is 15.0. The van der Waals surface area contributed by atoms with E-state index in [0.717, 1.165) is 29.3 Å². The van der Waals surface area contributed by atoms with E-state index in [4.69, 9.17) is 15.5 Å². The smallest absolute Gasteiger partial charge is 0.326 e. The van der Waals surface area contributed by atoms with Crippen LogP contribution in [0.3, 0.4) is 0 Å². The third kappa shape index (κ3) is 2.64. The Balaban J connectivity index is 1.62. The van der Waals surface area contributed by atoms with E-state index >= 15 is 4.39 Å². The van der Waals surface area contributed by atoms with Gasteiger partial charge in [0.05, 0.1) is 29.0 Å². The first-order valence-corrected chi connectivity index (χ1v) is 10.2. The van der Waals surface area contributed by atoms with Crippen LogP contribution in [0.15, 0.2) is 18.5 Å². The molecule has 10 heteroatoms. The van der Waals surface area contributed by atoms with Crippen LogP contribution in [0, 0.1) is 12.7 Å². The average Bonchev–Trinajstić information content (AvgIpc) is 3.27. The zero-order chi connectivity index (χ0) is 21.3. The molecular formula is C21H21FN8O. The van der Waals surface area contributed by atoms with Crippen molar-refractivity contribution in [2.45, 2.75) is 31.8 Å². The van der Waals surface area contributed by atoms with Crippen LogP contribution in [0.25, 0.3) is 21.9 Å². The van der Waals surface area contributed by atoms with Crippen LogP contribution in [0.4, 0.5) is 15.9 Å². The summed E-state index contributed by atoms with van der Waals surface area (Å²) in [5.74, 6) is 1.55. The quantitative estimate of drug-likeness (QED) is 0.463. The molecule has 1 fully saturated rings. The fourth-order valence-corrected chi connectivity index (χ4v) is 4.76. The van der Waals surface area contributed by atoms with E-state index in [0.29, 0.717) is 40.7 Å². The predicted molar refractivity (Wildman–Crippen MR) is 115 cm³/mol. The SMILES string of the molecule is CNc1cc(F)c2c3c1[nH]c1nc(Oc4cnc(C)nc4)nc(c13)N1CC[C@@H](N)[C@@H]1C2. The summed E-state index contributed by atoms with van der Waals surface area (Å²) in [4.78, 5) is 23.2. The molecule has 31 heavy (non-hydrogen) atoms. The maximum atomic E-state index is 15.2. The van der Waals surface area contributed by atoms with Gasteiger partial charge in [0.2, 0.25) is 0 Å². The van der Waals surface area contributed by atoms with Crippen molar-refractivity contribution >= 4 is 33.4 Å². The van der Waals surface area contributed by atoms with E-state index in [1.807, 2.05) is 0 Å². The lowest BCUT2D eigenvalue weighted by Gasteiger charge is -2.27. The highest BCUT2D eigenvalue weighted by Gasteiger charge is 2.39. The topological polar surface area (TPSA) is 118 Å². The Morgan fingerprint density at radius 1 is 1.26 bits per heavy atom. The number of fused-ring (bicyclic) bond motifs is 2. The van der Waals surface area contributed by atoms with E-state index in [1.165, 1.54) is 6.07 Å². The van der Waals surface area contributed by atoms with Gasteiger partial charge in [0.1, 0.15) is 23.1 Å². The molecule has 4 aromatic rings. The lowest BCUT2D eigenvalue weighted by Crippen LogP contribution is -2.41. The molecule has 0 saturated carbocycles. The van der Waals surface area contributed by atoms with Crippen molar-refractivity contribution in [3.05, 3.63) is 35.7 Å². The number of ether oxygens (including phenoxy) is 1. The highest BCUT2D eigenvalue weighted by atomic mass is 19.1. The molecule has 0 aliphatic carbocycles. The monoisotopic (exact) mass is 420 g/mol. The fraction of sp³-hybridized carbons (Fsp3) is 0.333. The van der Waals surface area contributed by atoms with Crippen LogP contribution >= 0.6 is 0 Å². The molecule has 158 valence electrons. The van der Waals surface area contributed by atoms with Crippen LogP contribution < -0.4 is 20.7 Å². The van der Waals surface area contributed by atoms with Crippen molar-refractivity contribution in [3.63, 3.8) is 0 Å². The van der Waals surface area contributed by atoms with Crippen molar-refractivity contribution in [1.82, 2.24) is 24.9 Å². The Labute approximate surface area is 176 Å². The Morgan fingerprint density at radius 3 is 2.84 bits per heavy atom. The zero-order valence-corrected chi connectivity index (χ0v) is 17.1. The van der Waals surface area contributed by atoms with Gasteiger partial charge in [-0.15, -0.1) is 0 Å². The van der Waals surface area contributed by atoms with Gasteiger partial charge >= 0.3 is 6.01 Å². The number of nitrogens with one attached hydrogen (secondary N) is 2. The van der Waals surface area contributed by atoms with E-state index in [-0.39, 0.29) is 23.9 Å². The number of aromatic amines is 1. The number of hydrogen-bond donors (Lipinski definition) is 3. The molecule has 2 aliphatic rings. The maximum absolute atomic E-state index is 15.2. The molecule has 0 radical (unpaired) electrons. The molecule has 6 rings (SSSR count). The highest BCUT2D eigenvalue weighted by Crippen LogP contribution is 2.44. The van der Waals surface area contributed by atoms with Crippen molar-refractivity contribution in [3.8, 4) is 11.8 Å². The number of halogens is 1. The van der Waals surface area contributed by atoms with Crippen molar-refractivity contribution in [2.75, 3.05) is 23.8 Å². The maximum Gasteiger partial charge on any atom is 0.326 e. The number of benzene rings is 1. The van der Waals surface area contributed by atoms with Crippen LogP contribution in [0.5, 0.6) is 11.8 Å². The molecule has 0 amide bonds. The Bertz CT molecular complexity index is 1340. The second kappa shape index (κ2) is 6.48. The van der Waals surface area contributed by atoms with E-state index in [2.05, 4.69) is 30.2 Å². The summed E-state index contributed by atoms with van der Waals surface area (Å²) < 4.78 is 21.1. The number of nitrogens with two attached hydrogens (primary N) is 1. The standard InChI is InChI=1S/C21H21FN8O/c1-9-25-7-10(8-26-9)31-21-28-19-17-16-11(12(22)6-14(24-2)18(16)27-19)5-15-13(23)3-4-30(15)20(17)29-21/h6-8,13,15,24H,3-5,23H2,1-2H3,(H,27,28,29)/t13-,15+/m1/s1. The lowest BCUT2D eigenvalue weighted by atomic mass is 9.97. The van der Waals surface area contributed by atoms with Gasteiger partial charge in [-0.05, 0) is 25.8 Å². The van der Waals surface area contributed by atoms with Crippen LogP contribution in [0.2, 0.25) is 0 Å². The third-order valence-corrected chi connectivity index (χ3v) is 6.26. The predicted octanol–water partition coefficient (Wildman–Crippen LogP) is 2.64. The van der Waals surface area contributed by atoms with Gasteiger partial charge in [0.15, 0.2) is 5.75 Å². The molecule has 5 heterocycles. The first kappa shape index (κ1) is 18.3. The summed E-state index contributed by atoms with van der Waals surface area (Å²) in [7, 11) is 1.77. The van der Waals surface area contributed by atoms with Crippen LogP contribution in [-0.4, -0.2) is 50.6 Å². The van der Waals surface area contributed by atoms with Gasteiger partial charge in [-0.3, -0.25) is 0 Å². The number of nitrogens with zero attached hydrogens (tertiary/aromatic N) is 5. The third-order valence-electron chi connectivity index (χ3n) is 6.26. The number of H-pyrrole nitrogens is 1. The highest BCUT2D eigenvalue weighted by molar-refractivity contribution is 6.16. The zero-order valence-electron chi connectivity index (χ0n) is 17.1. The Kier molecular flexibility index (Phi) is 3.82. The Hall–Kier alpha value is -3.53. The minimum absolute atomic E-state index is 0.0424. The molecule has 0 unspecified atom stereocenters. The summed E-state index contributed by atoms with van der Waals surface area (Å²) in [6.07, 6.45) is 4.50. The summed E-state index contributed by atoms with van der Waals surface area (Å²) in [6.45, 7) is 2.55. The molecule has 0 bridgehead atoms. The van der Waals surface area contributed by atoms with E-state index in [1.54, 1.807) is 26.4 Å². The minimum atomic E-state index is -0.248. The molecular weight excluding hydrogens is 399 g/mol. The van der Waals surface area contributed by atoms with Crippen molar-refractivity contribution in [1.29, 1.82) is 0 Å². The number of aromatic nitrogens is 5. The average molecular weight is 420 g/mol. The molecule has 0 spiro atoms. The second-order valence-electron chi connectivity index (χ2n) is 8.05. The number of hydrogen-bond acceptors (Lipinski definition) is 8. The van der Waals surface area contributed by atoms with E-state index < -0.39 is 0 Å². The fourth-order valence-electron chi connectivity index (χ4n) is 4.76. The van der Waals surface area contributed by atoms with Gasteiger partial charge in [-0.2, -0.15) is 9.97 Å². The minimum Gasteiger partial charge on any atom is -0.421 e. The lowest BCUT2D eigenvalue weighted by molar-refractivity contribution is 0.438. The van der Waals surface area contributed by atoms with E-state index in [9.17, 15) is 0 Å². The summed E-state index contributed by atoms with van der Waals surface area (Å²) in [5.41, 5.74) is 9.13. The molecule has 9 nitrogen and oxygen atoms in total. The van der Waals surface area contributed by atoms with Crippen molar-refractivity contribution < 1.29 is 9.13 Å². The van der Waals surface area contributed by atoms with Gasteiger partial charge < -0.3 is 25.7 Å². The summed E-state index contributed by atoms with van der Waals surface area (Å²) in [6, 6.07) is 1.60. The number of rotatable bonds is 3. The normalized spacial score (nSPS) is 19.8. The van der Waals surface area contributed by atoms with Gasteiger partial charge in [-0.25, -0.2) is 14.4 Å². The molecule has 4 N–H and O–H groups in total. The van der Waals surface area contributed by atoms with Crippen LogP contribution in [-0.2, 0) is 6.42 Å². The van der Waals surface area contributed by atoms with Gasteiger partial charge in [0.25, 0.3) is 0 Å². The molecule has 2 atom stereocenters. The largest absolute Gasteiger partial charge is 0.421 e. The first-order valence-electron chi connectivity index (χ1n) is 10.2. The second-order valence-corrected chi connectivity index (χ2v) is 8.05. The molecule has 2 aliphatic heterocycles. The molecule has 1 saturated heterocycles.